The Morgan fingerprint density at radius 1 is 1.50 bits per heavy atom. The predicted octanol–water partition coefficient (Wildman–Crippen LogP) is 1.71. The molecule has 0 atom stereocenters. The van der Waals surface area contributed by atoms with E-state index in [1.165, 1.54) is 0 Å². The van der Waals surface area contributed by atoms with E-state index in [0.29, 0.717) is 6.54 Å². The van der Waals surface area contributed by atoms with Crippen LogP contribution in [0.25, 0.3) is 10.4 Å². The average molecular weight is 238 g/mol. The monoisotopic (exact) mass is 238 g/mol. The fraction of sp³-hybridized carbons (Fsp3) is 0.667. The van der Waals surface area contributed by atoms with Crippen molar-refractivity contribution in [2.75, 3.05) is 38.1 Å². The molecule has 16 heavy (non-hydrogen) atoms. The Morgan fingerprint density at radius 2 is 2.25 bits per heavy atom. The van der Waals surface area contributed by atoms with Gasteiger partial charge < -0.3 is 9.80 Å². The standard InChI is InChI=1S/C9H14N6S/c1-14-2-4-15(5-3-14)9-11-6-8(16-9)7-12-13-10/h6H,2-5,7H2,1H3. The maximum Gasteiger partial charge on any atom is 0.185 e. The molecule has 0 aromatic carbocycles. The summed E-state index contributed by atoms with van der Waals surface area (Å²) in [6.45, 7) is 4.59. The third-order valence-electron chi connectivity index (χ3n) is 2.60. The first-order valence-electron chi connectivity index (χ1n) is 5.18. The third kappa shape index (κ3) is 2.63. The quantitative estimate of drug-likeness (QED) is 0.457. The van der Waals surface area contributed by atoms with Crippen molar-refractivity contribution in [1.29, 1.82) is 0 Å². The molecule has 0 radical (unpaired) electrons. The van der Waals surface area contributed by atoms with E-state index in [1.807, 2.05) is 0 Å². The third-order valence-corrected chi connectivity index (χ3v) is 3.65. The molecule has 0 spiro atoms. The van der Waals surface area contributed by atoms with E-state index in [4.69, 9.17) is 5.53 Å². The summed E-state index contributed by atoms with van der Waals surface area (Å²) in [6, 6.07) is 0. The Balaban J connectivity index is 1.98. The molecule has 1 saturated heterocycles. The fourth-order valence-electron chi connectivity index (χ4n) is 1.62. The highest BCUT2D eigenvalue weighted by atomic mass is 32.1. The summed E-state index contributed by atoms with van der Waals surface area (Å²) in [5.41, 5.74) is 8.24. The molecule has 0 N–H and O–H groups in total. The van der Waals surface area contributed by atoms with Gasteiger partial charge in [0, 0.05) is 42.2 Å². The number of anilines is 1. The first kappa shape index (κ1) is 11.2. The molecule has 1 aliphatic rings. The van der Waals surface area contributed by atoms with Gasteiger partial charge in [0.1, 0.15) is 0 Å². The van der Waals surface area contributed by atoms with Crippen LogP contribution in [0.3, 0.4) is 0 Å². The summed E-state index contributed by atoms with van der Waals surface area (Å²) in [4.78, 5) is 12.7. The van der Waals surface area contributed by atoms with Crippen molar-refractivity contribution in [2.24, 2.45) is 5.11 Å². The van der Waals surface area contributed by atoms with Gasteiger partial charge in [0.05, 0.1) is 6.54 Å². The second kappa shape index (κ2) is 5.16. The van der Waals surface area contributed by atoms with Crippen molar-refractivity contribution in [3.63, 3.8) is 0 Å². The highest BCUT2D eigenvalue weighted by Gasteiger charge is 2.16. The van der Waals surface area contributed by atoms with Crippen molar-refractivity contribution in [1.82, 2.24) is 9.88 Å². The SMILES string of the molecule is CN1CCN(c2ncc(CN=[N+]=[N-])s2)CC1. The van der Waals surface area contributed by atoms with E-state index < -0.39 is 0 Å². The lowest BCUT2D eigenvalue weighted by Gasteiger charge is -2.32. The van der Waals surface area contributed by atoms with E-state index in [-0.39, 0.29) is 0 Å². The van der Waals surface area contributed by atoms with Crippen molar-refractivity contribution in [3.05, 3.63) is 21.5 Å². The lowest BCUT2D eigenvalue weighted by atomic mass is 10.3. The van der Waals surface area contributed by atoms with Gasteiger partial charge in [0.2, 0.25) is 0 Å². The lowest BCUT2D eigenvalue weighted by molar-refractivity contribution is 0.313. The molecule has 6 nitrogen and oxygen atoms in total. The van der Waals surface area contributed by atoms with Crippen molar-refractivity contribution in [2.45, 2.75) is 6.54 Å². The predicted molar refractivity (Wildman–Crippen MR) is 64.7 cm³/mol. The minimum atomic E-state index is 0.405. The maximum atomic E-state index is 8.24. The Bertz CT molecular complexity index is 388. The normalized spacial score (nSPS) is 17.2. The highest BCUT2D eigenvalue weighted by molar-refractivity contribution is 7.15. The summed E-state index contributed by atoms with van der Waals surface area (Å²) >= 11 is 1.61. The number of hydrogen-bond donors (Lipinski definition) is 0. The van der Waals surface area contributed by atoms with E-state index in [0.717, 1.165) is 36.2 Å². The number of aromatic nitrogens is 1. The van der Waals surface area contributed by atoms with Gasteiger partial charge >= 0.3 is 0 Å². The molecule has 86 valence electrons. The second-order valence-electron chi connectivity index (χ2n) is 3.79. The van der Waals surface area contributed by atoms with Crippen LogP contribution in [0.2, 0.25) is 0 Å². The Morgan fingerprint density at radius 3 is 2.94 bits per heavy atom. The van der Waals surface area contributed by atoms with Crippen molar-refractivity contribution < 1.29 is 0 Å². The van der Waals surface area contributed by atoms with E-state index >= 15 is 0 Å². The topological polar surface area (TPSA) is 68.1 Å². The number of thiazole rings is 1. The minimum absolute atomic E-state index is 0.405. The number of rotatable bonds is 3. The van der Waals surface area contributed by atoms with Crippen LogP contribution < -0.4 is 4.90 Å². The smallest absolute Gasteiger partial charge is 0.185 e. The average Bonchev–Trinajstić information content (AvgIpc) is 2.76. The van der Waals surface area contributed by atoms with Crippen LogP contribution in [0.5, 0.6) is 0 Å². The van der Waals surface area contributed by atoms with Crippen molar-refractivity contribution in [3.8, 4) is 0 Å². The molecule has 7 heteroatoms. The number of piperazine rings is 1. The number of nitrogens with zero attached hydrogens (tertiary/aromatic N) is 6. The van der Waals surface area contributed by atoms with Gasteiger partial charge in [-0.1, -0.05) is 5.11 Å². The van der Waals surface area contributed by atoms with E-state index in [2.05, 4.69) is 31.9 Å². The zero-order valence-corrected chi connectivity index (χ0v) is 10.0. The van der Waals surface area contributed by atoms with Gasteiger partial charge in [-0.05, 0) is 12.6 Å². The fourth-order valence-corrected chi connectivity index (χ4v) is 2.49. The number of azide groups is 1. The molecule has 1 aliphatic heterocycles. The summed E-state index contributed by atoms with van der Waals surface area (Å²) in [6.07, 6.45) is 1.80. The molecule has 0 saturated carbocycles. The molecule has 2 rings (SSSR count). The summed E-state index contributed by atoms with van der Waals surface area (Å²) in [5.74, 6) is 0. The summed E-state index contributed by atoms with van der Waals surface area (Å²) in [7, 11) is 2.13. The number of likely N-dealkylation sites (N-methyl/N-ethyl adjacent to an activating group) is 1. The van der Waals surface area contributed by atoms with E-state index in [9.17, 15) is 0 Å². The molecule has 0 bridgehead atoms. The highest BCUT2D eigenvalue weighted by Crippen LogP contribution is 2.23. The van der Waals surface area contributed by atoms with Crippen LogP contribution >= 0.6 is 11.3 Å². The molecule has 2 heterocycles. The molecule has 1 aromatic rings. The van der Waals surface area contributed by atoms with Crippen LogP contribution in [0.15, 0.2) is 11.3 Å². The van der Waals surface area contributed by atoms with Gasteiger partial charge in [0.15, 0.2) is 5.13 Å². The Labute approximate surface area is 98.1 Å². The Hall–Kier alpha value is -1.30. The molecule has 0 aliphatic carbocycles. The molecular weight excluding hydrogens is 224 g/mol. The van der Waals surface area contributed by atoms with Crippen LogP contribution in [-0.4, -0.2) is 43.1 Å². The number of hydrogen-bond acceptors (Lipinski definition) is 5. The molecule has 0 unspecified atom stereocenters. The van der Waals surface area contributed by atoms with Gasteiger partial charge in [-0.3, -0.25) is 0 Å². The molecule has 1 aromatic heterocycles. The van der Waals surface area contributed by atoms with Gasteiger partial charge in [-0.2, -0.15) is 0 Å². The van der Waals surface area contributed by atoms with Crippen LogP contribution in [-0.2, 0) is 6.54 Å². The zero-order chi connectivity index (χ0) is 11.4. The van der Waals surface area contributed by atoms with E-state index in [1.54, 1.807) is 17.5 Å². The Kier molecular flexibility index (Phi) is 3.61. The van der Waals surface area contributed by atoms with Crippen LogP contribution in [0.1, 0.15) is 4.88 Å². The van der Waals surface area contributed by atoms with Crippen LogP contribution in [0, 0.1) is 0 Å². The minimum Gasteiger partial charge on any atom is -0.346 e. The van der Waals surface area contributed by atoms with Crippen LogP contribution in [0.4, 0.5) is 5.13 Å². The van der Waals surface area contributed by atoms with Gasteiger partial charge in [-0.15, -0.1) is 11.3 Å². The van der Waals surface area contributed by atoms with Crippen molar-refractivity contribution >= 4 is 16.5 Å². The lowest BCUT2D eigenvalue weighted by Crippen LogP contribution is -2.44. The summed E-state index contributed by atoms with van der Waals surface area (Å²) in [5, 5.41) is 4.57. The summed E-state index contributed by atoms with van der Waals surface area (Å²) < 4.78 is 0. The second-order valence-corrected chi connectivity index (χ2v) is 4.88. The van der Waals surface area contributed by atoms with Gasteiger partial charge in [0.25, 0.3) is 0 Å². The zero-order valence-electron chi connectivity index (χ0n) is 9.20. The first-order valence-corrected chi connectivity index (χ1v) is 6.00. The largest absolute Gasteiger partial charge is 0.346 e. The molecule has 1 fully saturated rings. The molecular formula is C9H14N6S. The van der Waals surface area contributed by atoms with Gasteiger partial charge in [-0.25, -0.2) is 4.98 Å². The maximum absolute atomic E-state index is 8.24. The first-order chi connectivity index (χ1) is 7.79. The molecule has 0 amide bonds.